The normalized spacial score (nSPS) is 15.5. The van der Waals surface area contributed by atoms with E-state index < -0.39 is 30.0 Å². The number of hydrogen-bond acceptors (Lipinski definition) is 8. The number of carbonyl (C=O) groups excluding carboxylic acids is 1. The van der Waals surface area contributed by atoms with Gasteiger partial charge in [0.25, 0.3) is 0 Å². The van der Waals surface area contributed by atoms with E-state index in [4.69, 9.17) is 29.0 Å². The summed E-state index contributed by atoms with van der Waals surface area (Å²) in [6.07, 6.45) is 3.51. The van der Waals surface area contributed by atoms with Gasteiger partial charge < -0.3 is 33.7 Å². The summed E-state index contributed by atoms with van der Waals surface area (Å²) < 4.78 is 43.6. The molecular weight excluding hydrogens is 784 g/mol. The smallest absolute Gasteiger partial charge is 0.224 e. The third-order valence-electron chi connectivity index (χ3n) is 10.6. The van der Waals surface area contributed by atoms with Gasteiger partial charge in [-0.1, -0.05) is 71.9 Å². The highest BCUT2D eigenvalue weighted by Gasteiger charge is 2.27. The molecule has 1 atom stereocenters. The number of rotatable bonds is 22. The van der Waals surface area contributed by atoms with Gasteiger partial charge in [0.05, 0.1) is 23.7 Å². The molecule has 2 aromatic carbocycles. The first kappa shape index (κ1) is 45.9. The van der Waals surface area contributed by atoms with Crippen LogP contribution in [0.4, 0.5) is 4.39 Å². The molecule has 1 fully saturated rings. The van der Waals surface area contributed by atoms with Crippen molar-refractivity contribution in [1.29, 1.82) is 0 Å². The molecule has 11 nitrogen and oxygen atoms in total. The Kier molecular flexibility index (Phi) is 15.8. The zero-order chi connectivity index (χ0) is 42.3. The first-order valence-electron chi connectivity index (χ1n) is 21.0. The first-order chi connectivity index (χ1) is 27.3. The number of aromatic nitrogens is 4. The van der Waals surface area contributed by atoms with E-state index in [1.165, 1.54) is 0 Å². The van der Waals surface area contributed by atoms with Gasteiger partial charge in [-0.2, -0.15) is 5.10 Å². The van der Waals surface area contributed by atoms with Crippen molar-refractivity contribution in [2.45, 2.75) is 117 Å². The van der Waals surface area contributed by atoms with Gasteiger partial charge in [0, 0.05) is 62.2 Å². The van der Waals surface area contributed by atoms with Crippen LogP contribution in [0.3, 0.4) is 0 Å². The lowest BCUT2D eigenvalue weighted by Gasteiger charge is -2.16. The number of imidazole rings is 1. The Morgan fingerprint density at radius 3 is 2.17 bits per heavy atom. The molecule has 3 heterocycles. The molecule has 4 aromatic rings. The predicted octanol–water partition coefficient (Wildman–Crippen LogP) is 9.15. The standard InChI is InChI=1S/C43H69FN6O5Si3/c1-12-32-24-40(55-31-54-19-22-58(9,10)11)38(44)25-37(32)33-13-14-36-39(23-33)50(30-53-18-21-57(6,7)8)47-41(36)42-46-35(26-45-43(51)34-15-16-48(2)27-34)28-49(42)29-52-17-20-56(3,4)5/h13-14,23-25,28,34H,12,15-22,26-27,29-31H2,1-11H3,(H,45,51). The molecule has 5 rings (SSSR count). The summed E-state index contributed by atoms with van der Waals surface area (Å²) >= 11 is 0. The highest BCUT2D eigenvalue weighted by molar-refractivity contribution is 6.76. The monoisotopic (exact) mass is 852 g/mol. The lowest BCUT2D eigenvalue weighted by atomic mass is 9.96. The molecule has 1 aliphatic rings. The van der Waals surface area contributed by atoms with E-state index in [1.54, 1.807) is 12.1 Å². The molecule has 320 valence electrons. The number of carbonyl (C=O) groups is 1. The van der Waals surface area contributed by atoms with Gasteiger partial charge in [0.15, 0.2) is 24.2 Å². The van der Waals surface area contributed by atoms with E-state index in [0.717, 1.165) is 70.9 Å². The van der Waals surface area contributed by atoms with Crippen LogP contribution in [-0.2, 0) is 45.4 Å². The van der Waals surface area contributed by atoms with Gasteiger partial charge in [-0.25, -0.2) is 14.1 Å². The Morgan fingerprint density at radius 1 is 0.897 bits per heavy atom. The fourth-order valence-corrected chi connectivity index (χ4v) is 9.07. The average Bonchev–Trinajstić information content (AvgIpc) is 3.86. The van der Waals surface area contributed by atoms with Crippen LogP contribution in [0.25, 0.3) is 33.5 Å². The zero-order valence-corrected chi connectivity index (χ0v) is 40.1. The summed E-state index contributed by atoms with van der Waals surface area (Å²) in [7, 11) is -1.80. The summed E-state index contributed by atoms with van der Waals surface area (Å²) in [5, 5.41) is 9.17. The van der Waals surface area contributed by atoms with Crippen LogP contribution in [0.15, 0.2) is 36.5 Å². The average molecular weight is 853 g/mol. The number of fused-ring (bicyclic) bond motifs is 1. The molecule has 0 radical (unpaired) electrons. The maximum atomic E-state index is 15.7. The SMILES string of the molecule is CCc1cc(OCOCC[Si](C)(C)C)c(F)cc1-c1ccc2c(-c3nc(CNC(=O)C4CCN(C)C4)cn3COCC[Si](C)(C)C)nn(COCC[Si](C)(C)C)c2c1. The van der Waals surface area contributed by atoms with Crippen molar-refractivity contribution >= 4 is 41.0 Å². The first-order valence-corrected chi connectivity index (χ1v) is 32.1. The lowest BCUT2D eigenvalue weighted by Crippen LogP contribution is -2.31. The van der Waals surface area contributed by atoms with Gasteiger partial charge >= 0.3 is 0 Å². The quantitative estimate of drug-likeness (QED) is 0.0475. The summed E-state index contributed by atoms with van der Waals surface area (Å²) in [6, 6.07) is 12.6. The van der Waals surface area contributed by atoms with Gasteiger partial charge in [0.2, 0.25) is 5.91 Å². The maximum absolute atomic E-state index is 15.7. The topological polar surface area (TPSA) is 105 Å². The zero-order valence-electron chi connectivity index (χ0n) is 37.1. The number of nitrogens with zero attached hydrogens (tertiary/aromatic N) is 5. The molecule has 58 heavy (non-hydrogen) atoms. The number of likely N-dealkylation sites (tertiary alicyclic amines) is 1. The highest BCUT2D eigenvalue weighted by Crippen LogP contribution is 2.35. The molecule has 1 unspecified atom stereocenters. The third-order valence-corrected chi connectivity index (χ3v) is 15.7. The van der Waals surface area contributed by atoms with Crippen molar-refractivity contribution in [2.24, 2.45) is 5.92 Å². The molecule has 1 N–H and O–H groups in total. The van der Waals surface area contributed by atoms with Crippen molar-refractivity contribution < 1.29 is 28.1 Å². The number of hydrogen-bond donors (Lipinski definition) is 1. The summed E-state index contributed by atoms with van der Waals surface area (Å²) in [6.45, 7) is 27.5. The van der Waals surface area contributed by atoms with Crippen LogP contribution in [0, 0.1) is 11.7 Å². The van der Waals surface area contributed by atoms with Gasteiger partial charge in [-0.3, -0.25) is 4.79 Å². The molecule has 0 bridgehead atoms. The second kappa shape index (κ2) is 19.9. The van der Waals surface area contributed by atoms with E-state index in [0.29, 0.717) is 51.0 Å². The van der Waals surface area contributed by atoms with E-state index in [-0.39, 0.29) is 31.1 Å². The predicted molar refractivity (Wildman–Crippen MR) is 241 cm³/mol. The Morgan fingerprint density at radius 2 is 1.55 bits per heavy atom. The number of benzene rings is 2. The van der Waals surface area contributed by atoms with Crippen LogP contribution >= 0.6 is 0 Å². The van der Waals surface area contributed by atoms with E-state index >= 15 is 4.39 Å². The molecule has 1 amide bonds. The fraction of sp³-hybridized carbons (Fsp3) is 0.605. The Labute approximate surface area is 349 Å². The van der Waals surface area contributed by atoms with Gasteiger partial charge in [-0.15, -0.1) is 0 Å². The Bertz CT molecular complexity index is 1980. The molecule has 1 saturated heterocycles. The molecule has 2 aromatic heterocycles. The molecule has 0 saturated carbocycles. The lowest BCUT2D eigenvalue weighted by molar-refractivity contribution is -0.124. The molecule has 0 spiro atoms. The second-order valence-corrected chi connectivity index (χ2v) is 36.4. The van der Waals surface area contributed by atoms with Crippen LogP contribution in [0.2, 0.25) is 77.1 Å². The maximum Gasteiger partial charge on any atom is 0.224 e. The number of amides is 1. The van der Waals surface area contributed by atoms with Crippen LogP contribution in [-0.4, -0.2) is 101 Å². The van der Waals surface area contributed by atoms with Crippen LogP contribution < -0.4 is 10.1 Å². The number of halogens is 1. The molecule has 15 heteroatoms. The van der Waals surface area contributed by atoms with Crippen LogP contribution in [0.5, 0.6) is 5.75 Å². The van der Waals surface area contributed by atoms with E-state index in [2.05, 4.69) is 82.1 Å². The minimum absolute atomic E-state index is 0.0147. The molecule has 1 aliphatic heterocycles. The summed E-state index contributed by atoms with van der Waals surface area (Å²) in [5.74, 6) is 0.457. The van der Waals surface area contributed by atoms with E-state index in [1.807, 2.05) is 34.6 Å². The molecule has 0 aliphatic carbocycles. The van der Waals surface area contributed by atoms with Crippen molar-refractivity contribution in [1.82, 2.24) is 29.5 Å². The van der Waals surface area contributed by atoms with Crippen molar-refractivity contribution in [3.05, 3.63) is 53.6 Å². The van der Waals surface area contributed by atoms with Crippen LogP contribution in [0.1, 0.15) is 24.6 Å². The number of aryl methyl sites for hydroxylation is 1. The number of nitrogens with one attached hydrogen (secondary N) is 1. The van der Waals surface area contributed by atoms with Crippen molar-refractivity contribution in [2.75, 3.05) is 46.8 Å². The van der Waals surface area contributed by atoms with E-state index in [9.17, 15) is 4.79 Å². The highest BCUT2D eigenvalue weighted by atomic mass is 28.3. The number of ether oxygens (including phenoxy) is 4. The second-order valence-electron chi connectivity index (χ2n) is 19.5. The third kappa shape index (κ3) is 13.4. The minimum Gasteiger partial charge on any atom is -0.464 e. The van der Waals surface area contributed by atoms with Crippen molar-refractivity contribution in [3.8, 4) is 28.4 Å². The molecular formula is C43H69FN6O5Si3. The van der Waals surface area contributed by atoms with Crippen molar-refractivity contribution in [3.63, 3.8) is 0 Å². The Hall–Kier alpha value is -3.19. The van der Waals surface area contributed by atoms with Gasteiger partial charge in [0.1, 0.15) is 19.2 Å². The fourth-order valence-electron chi connectivity index (χ4n) is 6.80. The minimum atomic E-state index is -1.32. The Balaban J connectivity index is 1.48. The summed E-state index contributed by atoms with van der Waals surface area (Å²) in [5.41, 5.74) is 4.92. The largest absolute Gasteiger partial charge is 0.464 e. The van der Waals surface area contributed by atoms with Gasteiger partial charge in [-0.05, 0) is 85.5 Å². The summed E-state index contributed by atoms with van der Waals surface area (Å²) in [4.78, 5) is 20.3.